The summed E-state index contributed by atoms with van der Waals surface area (Å²) in [5.41, 5.74) is 0.367. The van der Waals surface area contributed by atoms with Crippen molar-refractivity contribution in [1.29, 1.82) is 0 Å². The van der Waals surface area contributed by atoms with Gasteiger partial charge in [-0.1, -0.05) is 19.8 Å². The van der Waals surface area contributed by atoms with Gasteiger partial charge in [0.25, 0.3) is 11.6 Å². The molecule has 0 N–H and O–H groups in total. The molecule has 0 heterocycles. The minimum atomic E-state index is -0.469. The molecule has 0 radical (unpaired) electrons. The third-order valence-electron chi connectivity index (χ3n) is 3.28. The third-order valence-corrected chi connectivity index (χ3v) is 4.22. The highest BCUT2D eigenvalue weighted by Crippen LogP contribution is 2.22. The van der Waals surface area contributed by atoms with Crippen molar-refractivity contribution in [2.75, 3.05) is 6.54 Å². The van der Waals surface area contributed by atoms with Gasteiger partial charge in [0.1, 0.15) is 0 Å². The van der Waals surface area contributed by atoms with Crippen LogP contribution in [0.4, 0.5) is 5.69 Å². The van der Waals surface area contributed by atoms with Crippen LogP contribution in [0.2, 0.25) is 0 Å². The number of nitro groups is 1. The maximum absolute atomic E-state index is 12.7. The van der Waals surface area contributed by atoms with Crippen LogP contribution >= 0.6 is 22.6 Å². The number of halogens is 1. The summed E-state index contributed by atoms with van der Waals surface area (Å²) in [5.74, 6) is -0.130. The van der Waals surface area contributed by atoms with Crippen LogP contribution in [0.15, 0.2) is 18.2 Å². The highest BCUT2D eigenvalue weighted by molar-refractivity contribution is 14.1. The van der Waals surface area contributed by atoms with E-state index in [2.05, 4.69) is 6.92 Å². The molecule has 0 atom stereocenters. The molecule has 21 heavy (non-hydrogen) atoms. The minimum Gasteiger partial charge on any atom is -0.336 e. The summed E-state index contributed by atoms with van der Waals surface area (Å²) in [6.45, 7) is 6.73. The van der Waals surface area contributed by atoms with Crippen LogP contribution in [-0.2, 0) is 0 Å². The Morgan fingerprint density at radius 3 is 2.57 bits per heavy atom. The largest absolute Gasteiger partial charge is 0.336 e. The minimum absolute atomic E-state index is 0.0453. The van der Waals surface area contributed by atoms with Gasteiger partial charge in [0.15, 0.2) is 0 Å². The molecule has 116 valence electrons. The zero-order valence-electron chi connectivity index (χ0n) is 12.6. The lowest BCUT2D eigenvalue weighted by Gasteiger charge is -2.27. The number of nitro benzene ring substituents is 1. The monoisotopic (exact) mass is 404 g/mol. The van der Waals surface area contributed by atoms with Crippen molar-refractivity contribution in [3.8, 4) is 0 Å². The molecule has 0 bridgehead atoms. The molecule has 0 aliphatic rings. The van der Waals surface area contributed by atoms with Crippen molar-refractivity contribution >= 4 is 34.2 Å². The lowest BCUT2D eigenvalue weighted by atomic mass is 10.1. The fourth-order valence-electron chi connectivity index (χ4n) is 2.07. The average molecular weight is 404 g/mol. The smallest absolute Gasteiger partial charge is 0.270 e. The third kappa shape index (κ3) is 4.94. The van der Waals surface area contributed by atoms with Gasteiger partial charge < -0.3 is 4.90 Å². The number of nitrogens with zero attached hydrogens (tertiary/aromatic N) is 2. The van der Waals surface area contributed by atoms with E-state index in [1.807, 2.05) is 36.4 Å². The Kier molecular flexibility index (Phi) is 7.07. The van der Waals surface area contributed by atoms with E-state index in [0.29, 0.717) is 12.1 Å². The number of rotatable bonds is 7. The summed E-state index contributed by atoms with van der Waals surface area (Å²) >= 11 is 2.05. The first kappa shape index (κ1) is 17.9. The molecule has 5 nitrogen and oxygen atoms in total. The van der Waals surface area contributed by atoms with Crippen LogP contribution in [0.1, 0.15) is 50.4 Å². The van der Waals surface area contributed by atoms with E-state index in [1.165, 1.54) is 12.1 Å². The molecule has 1 aromatic carbocycles. The van der Waals surface area contributed by atoms with Crippen LogP contribution in [0.5, 0.6) is 0 Å². The molecule has 0 saturated carbocycles. The Morgan fingerprint density at radius 1 is 1.38 bits per heavy atom. The molecule has 0 aromatic heterocycles. The number of carbonyl (C=O) groups is 1. The van der Waals surface area contributed by atoms with Crippen LogP contribution < -0.4 is 0 Å². The summed E-state index contributed by atoms with van der Waals surface area (Å²) < 4.78 is 0.740. The maximum Gasteiger partial charge on any atom is 0.270 e. The van der Waals surface area contributed by atoms with Crippen LogP contribution in [0, 0.1) is 13.7 Å². The van der Waals surface area contributed by atoms with E-state index < -0.39 is 4.92 Å². The molecular formula is C15H21IN2O3. The Labute approximate surface area is 139 Å². The first-order valence-corrected chi connectivity index (χ1v) is 8.21. The second-order valence-electron chi connectivity index (χ2n) is 5.22. The highest BCUT2D eigenvalue weighted by atomic mass is 127. The SMILES string of the molecule is CCCCCN(C(=O)c1cc([N+](=O)[O-])ccc1I)C(C)C. The fraction of sp³-hybridized carbons (Fsp3) is 0.533. The van der Waals surface area contributed by atoms with Gasteiger partial charge in [0.2, 0.25) is 0 Å². The standard InChI is InChI=1S/C15H21IN2O3/c1-4-5-6-9-17(11(2)3)15(19)13-10-12(18(20)21)7-8-14(13)16/h7-8,10-11H,4-6,9H2,1-3H3. The molecule has 1 rings (SSSR count). The van der Waals surface area contributed by atoms with Crippen LogP contribution in [0.25, 0.3) is 0 Å². The van der Waals surface area contributed by atoms with Crippen LogP contribution in [-0.4, -0.2) is 28.3 Å². The van der Waals surface area contributed by atoms with Gasteiger partial charge in [0, 0.05) is 28.3 Å². The van der Waals surface area contributed by atoms with Crippen molar-refractivity contribution < 1.29 is 9.72 Å². The molecule has 0 saturated heterocycles. The van der Waals surface area contributed by atoms with Crippen molar-refractivity contribution in [2.45, 2.75) is 46.1 Å². The predicted octanol–water partition coefficient (Wildman–Crippen LogP) is 4.24. The second-order valence-corrected chi connectivity index (χ2v) is 6.38. The van der Waals surface area contributed by atoms with Gasteiger partial charge >= 0.3 is 0 Å². The van der Waals surface area contributed by atoms with E-state index >= 15 is 0 Å². The zero-order valence-corrected chi connectivity index (χ0v) is 14.8. The van der Waals surface area contributed by atoms with Crippen molar-refractivity contribution in [3.05, 3.63) is 37.4 Å². The highest BCUT2D eigenvalue weighted by Gasteiger charge is 2.22. The Balaban J connectivity index is 3.02. The van der Waals surface area contributed by atoms with Gasteiger partial charge in [-0.3, -0.25) is 14.9 Å². The Bertz CT molecular complexity index is 518. The quantitative estimate of drug-likeness (QED) is 0.296. The topological polar surface area (TPSA) is 63.5 Å². The second kappa shape index (κ2) is 8.31. The molecule has 6 heteroatoms. The summed E-state index contributed by atoms with van der Waals surface area (Å²) in [6, 6.07) is 4.50. The van der Waals surface area contributed by atoms with Gasteiger partial charge in [-0.25, -0.2) is 0 Å². The summed E-state index contributed by atoms with van der Waals surface area (Å²) in [5, 5.41) is 10.9. The molecule has 0 unspecified atom stereocenters. The number of hydrogen-bond donors (Lipinski definition) is 0. The number of amides is 1. The van der Waals surface area contributed by atoms with E-state index in [0.717, 1.165) is 22.8 Å². The van der Waals surface area contributed by atoms with Crippen molar-refractivity contribution in [2.24, 2.45) is 0 Å². The Morgan fingerprint density at radius 2 is 2.05 bits per heavy atom. The van der Waals surface area contributed by atoms with E-state index in [-0.39, 0.29) is 17.6 Å². The van der Waals surface area contributed by atoms with Crippen molar-refractivity contribution in [3.63, 3.8) is 0 Å². The predicted molar refractivity (Wildman–Crippen MR) is 91.5 cm³/mol. The normalized spacial score (nSPS) is 10.7. The molecule has 0 fully saturated rings. The van der Waals surface area contributed by atoms with Gasteiger partial charge in [-0.2, -0.15) is 0 Å². The molecule has 0 aliphatic carbocycles. The molecule has 0 aliphatic heterocycles. The van der Waals surface area contributed by atoms with Crippen LogP contribution in [0.3, 0.4) is 0 Å². The maximum atomic E-state index is 12.7. The number of carbonyl (C=O) groups excluding carboxylic acids is 1. The molecule has 1 amide bonds. The van der Waals surface area contributed by atoms with E-state index in [9.17, 15) is 14.9 Å². The lowest BCUT2D eigenvalue weighted by molar-refractivity contribution is -0.384. The molecule has 1 aromatic rings. The number of benzene rings is 1. The first-order valence-electron chi connectivity index (χ1n) is 7.13. The molecule has 0 spiro atoms. The summed E-state index contributed by atoms with van der Waals surface area (Å²) in [6.07, 6.45) is 3.11. The number of non-ortho nitro benzene ring substituents is 1. The van der Waals surface area contributed by atoms with Gasteiger partial charge in [-0.05, 0) is 48.9 Å². The van der Waals surface area contributed by atoms with E-state index in [4.69, 9.17) is 0 Å². The first-order chi connectivity index (χ1) is 9.88. The Hall–Kier alpha value is -1.18. The van der Waals surface area contributed by atoms with Crippen molar-refractivity contribution in [1.82, 2.24) is 4.90 Å². The number of hydrogen-bond acceptors (Lipinski definition) is 3. The summed E-state index contributed by atoms with van der Waals surface area (Å²) in [4.78, 5) is 24.9. The van der Waals surface area contributed by atoms with Gasteiger partial charge in [0.05, 0.1) is 10.5 Å². The zero-order chi connectivity index (χ0) is 16.0. The summed E-state index contributed by atoms with van der Waals surface area (Å²) in [7, 11) is 0. The van der Waals surface area contributed by atoms with E-state index in [1.54, 1.807) is 11.0 Å². The fourth-order valence-corrected chi connectivity index (χ4v) is 2.64. The lowest BCUT2D eigenvalue weighted by Crippen LogP contribution is -2.38. The molecular weight excluding hydrogens is 383 g/mol. The van der Waals surface area contributed by atoms with Gasteiger partial charge in [-0.15, -0.1) is 0 Å². The number of unbranched alkanes of at least 4 members (excludes halogenated alkanes) is 2. The average Bonchev–Trinajstić information content (AvgIpc) is 2.42.